The predicted molar refractivity (Wildman–Crippen MR) is 67.5 cm³/mol. The number of carboxylic acid groups (broad SMARTS) is 1. The Hall–Kier alpha value is -1.88. The molecule has 0 aromatic heterocycles. The molecule has 102 valence electrons. The summed E-state index contributed by atoms with van der Waals surface area (Å²) in [6.45, 7) is 1.12. The number of hydrogen-bond donors (Lipinski definition) is 1. The molecule has 1 unspecified atom stereocenters. The molecule has 0 amide bonds. The van der Waals surface area contributed by atoms with Crippen molar-refractivity contribution in [2.24, 2.45) is 0 Å². The van der Waals surface area contributed by atoms with Crippen molar-refractivity contribution in [1.82, 2.24) is 0 Å². The fourth-order valence-corrected chi connectivity index (χ4v) is 1.91. The Labute approximate surface area is 110 Å². The van der Waals surface area contributed by atoms with E-state index in [9.17, 15) is 9.18 Å². The topological polar surface area (TPSA) is 55.8 Å². The van der Waals surface area contributed by atoms with E-state index in [0.29, 0.717) is 18.8 Å². The third-order valence-corrected chi connectivity index (χ3v) is 2.81. The molecule has 1 aliphatic heterocycles. The number of carbonyl (C=O) groups is 1. The average Bonchev–Trinajstić information content (AvgIpc) is 2.40. The largest absolute Gasteiger partial charge is 0.484 e. The van der Waals surface area contributed by atoms with Gasteiger partial charge in [-0.1, -0.05) is 12.1 Å². The van der Waals surface area contributed by atoms with Crippen molar-refractivity contribution in [3.63, 3.8) is 0 Å². The number of benzene rings is 1. The first kappa shape index (κ1) is 13.5. The zero-order valence-corrected chi connectivity index (χ0v) is 10.3. The Morgan fingerprint density at radius 1 is 1.53 bits per heavy atom. The highest BCUT2D eigenvalue weighted by Crippen LogP contribution is 2.26. The van der Waals surface area contributed by atoms with Crippen molar-refractivity contribution in [2.45, 2.75) is 18.9 Å². The number of carboxylic acids is 1. The molecule has 0 aliphatic carbocycles. The Morgan fingerprint density at radius 3 is 3.05 bits per heavy atom. The standard InChI is InChI=1S/C14H15FO4/c15-12-5-1-3-10(6-7-13(16)17)14(12)19-11-4-2-8-18-9-11/h1,3,5-7,11H,2,4,8-9H2,(H,16,17)/b7-6+. The summed E-state index contributed by atoms with van der Waals surface area (Å²) < 4.78 is 24.7. The molecule has 2 rings (SSSR count). The van der Waals surface area contributed by atoms with Crippen LogP contribution in [0.2, 0.25) is 0 Å². The SMILES string of the molecule is O=C(O)/C=C/c1cccc(F)c1OC1CCCOC1. The van der Waals surface area contributed by atoms with E-state index >= 15 is 0 Å². The first-order chi connectivity index (χ1) is 9.16. The lowest BCUT2D eigenvalue weighted by atomic mass is 10.1. The summed E-state index contributed by atoms with van der Waals surface area (Å²) in [4.78, 5) is 10.5. The van der Waals surface area contributed by atoms with Crippen molar-refractivity contribution in [3.05, 3.63) is 35.7 Å². The number of para-hydroxylation sites is 1. The summed E-state index contributed by atoms with van der Waals surface area (Å²) in [6.07, 6.45) is 3.77. The zero-order chi connectivity index (χ0) is 13.7. The van der Waals surface area contributed by atoms with Gasteiger partial charge >= 0.3 is 5.97 Å². The van der Waals surface area contributed by atoms with E-state index in [1.165, 1.54) is 18.2 Å². The lowest BCUT2D eigenvalue weighted by molar-refractivity contribution is -0.131. The van der Waals surface area contributed by atoms with Crippen LogP contribution in [0.1, 0.15) is 18.4 Å². The second kappa shape index (κ2) is 6.33. The summed E-state index contributed by atoms with van der Waals surface area (Å²) in [7, 11) is 0. The van der Waals surface area contributed by atoms with Gasteiger partial charge in [-0.05, 0) is 25.0 Å². The van der Waals surface area contributed by atoms with Gasteiger partial charge < -0.3 is 14.6 Å². The molecule has 0 saturated carbocycles. The van der Waals surface area contributed by atoms with E-state index in [1.807, 2.05) is 0 Å². The number of halogens is 1. The first-order valence-electron chi connectivity index (χ1n) is 6.11. The van der Waals surface area contributed by atoms with Crippen molar-refractivity contribution >= 4 is 12.0 Å². The van der Waals surface area contributed by atoms with Crippen LogP contribution < -0.4 is 4.74 Å². The molecule has 1 N–H and O–H groups in total. The van der Waals surface area contributed by atoms with Crippen LogP contribution in [-0.2, 0) is 9.53 Å². The molecule has 1 saturated heterocycles. The minimum atomic E-state index is -1.09. The Bertz CT molecular complexity index is 478. The van der Waals surface area contributed by atoms with Crippen LogP contribution in [0.3, 0.4) is 0 Å². The minimum absolute atomic E-state index is 0.0792. The second-order valence-corrected chi connectivity index (χ2v) is 4.29. The molecule has 0 spiro atoms. The average molecular weight is 266 g/mol. The van der Waals surface area contributed by atoms with Gasteiger partial charge in [0.05, 0.1) is 6.61 Å². The van der Waals surface area contributed by atoms with Crippen molar-refractivity contribution in [2.75, 3.05) is 13.2 Å². The molecule has 1 aromatic rings. The summed E-state index contributed by atoms with van der Waals surface area (Å²) >= 11 is 0. The van der Waals surface area contributed by atoms with Gasteiger partial charge in [-0.25, -0.2) is 9.18 Å². The Kier molecular flexibility index (Phi) is 4.52. The normalized spacial score (nSPS) is 19.5. The van der Waals surface area contributed by atoms with Gasteiger partial charge in [-0.3, -0.25) is 0 Å². The van der Waals surface area contributed by atoms with Gasteiger partial charge in [0.15, 0.2) is 11.6 Å². The molecule has 5 heteroatoms. The lowest BCUT2D eigenvalue weighted by Gasteiger charge is -2.24. The van der Waals surface area contributed by atoms with Gasteiger partial charge in [-0.2, -0.15) is 0 Å². The summed E-state index contributed by atoms with van der Waals surface area (Å²) in [5.74, 6) is -1.51. The van der Waals surface area contributed by atoms with E-state index < -0.39 is 11.8 Å². The molecular formula is C14H15FO4. The van der Waals surface area contributed by atoms with Crippen LogP contribution in [0.4, 0.5) is 4.39 Å². The third kappa shape index (κ3) is 3.79. The monoisotopic (exact) mass is 266 g/mol. The van der Waals surface area contributed by atoms with E-state index in [-0.39, 0.29) is 11.9 Å². The maximum Gasteiger partial charge on any atom is 0.328 e. The van der Waals surface area contributed by atoms with Gasteiger partial charge in [0.1, 0.15) is 6.10 Å². The van der Waals surface area contributed by atoms with Crippen LogP contribution >= 0.6 is 0 Å². The van der Waals surface area contributed by atoms with Crippen LogP contribution in [0.25, 0.3) is 6.08 Å². The number of ether oxygens (including phenoxy) is 2. The van der Waals surface area contributed by atoms with Crippen LogP contribution in [0.15, 0.2) is 24.3 Å². The van der Waals surface area contributed by atoms with E-state index in [0.717, 1.165) is 18.9 Å². The zero-order valence-electron chi connectivity index (χ0n) is 10.3. The highest BCUT2D eigenvalue weighted by molar-refractivity contribution is 5.85. The summed E-state index contributed by atoms with van der Waals surface area (Å²) in [5.41, 5.74) is 0.410. The maximum atomic E-state index is 13.8. The molecule has 19 heavy (non-hydrogen) atoms. The Morgan fingerprint density at radius 2 is 2.37 bits per heavy atom. The van der Waals surface area contributed by atoms with E-state index in [2.05, 4.69) is 0 Å². The molecule has 1 atom stereocenters. The van der Waals surface area contributed by atoms with Crippen molar-refractivity contribution < 1.29 is 23.8 Å². The first-order valence-corrected chi connectivity index (χ1v) is 6.11. The predicted octanol–water partition coefficient (Wildman–Crippen LogP) is 2.48. The Balaban J connectivity index is 2.19. The minimum Gasteiger partial charge on any atom is -0.484 e. The van der Waals surface area contributed by atoms with Crippen molar-refractivity contribution in [1.29, 1.82) is 0 Å². The highest BCUT2D eigenvalue weighted by atomic mass is 19.1. The number of aliphatic carboxylic acids is 1. The molecule has 1 fully saturated rings. The van der Waals surface area contributed by atoms with Gasteiger partial charge in [0, 0.05) is 18.2 Å². The number of rotatable bonds is 4. The maximum absolute atomic E-state index is 13.8. The molecule has 1 aromatic carbocycles. The van der Waals surface area contributed by atoms with Crippen LogP contribution in [0, 0.1) is 5.82 Å². The molecular weight excluding hydrogens is 251 g/mol. The molecule has 1 aliphatic rings. The highest BCUT2D eigenvalue weighted by Gasteiger charge is 2.18. The number of hydrogen-bond acceptors (Lipinski definition) is 3. The molecule has 1 heterocycles. The summed E-state index contributed by atoms with van der Waals surface area (Å²) in [6, 6.07) is 4.42. The quantitative estimate of drug-likeness (QED) is 0.851. The van der Waals surface area contributed by atoms with Crippen molar-refractivity contribution in [3.8, 4) is 5.75 Å². The second-order valence-electron chi connectivity index (χ2n) is 4.29. The lowest BCUT2D eigenvalue weighted by Crippen LogP contribution is -2.28. The fraction of sp³-hybridized carbons (Fsp3) is 0.357. The molecule has 0 radical (unpaired) electrons. The van der Waals surface area contributed by atoms with Gasteiger partial charge in [0.25, 0.3) is 0 Å². The van der Waals surface area contributed by atoms with Gasteiger partial charge in [-0.15, -0.1) is 0 Å². The van der Waals surface area contributed by atoms with Gasteiger partial charge in [0.2, 0.25) is 0 Å². The van der Waals surface area contributed by atoms with Crippen LogP contribution in [-0.4, -0.2) is 30.4 Å². The molecule has 4 nitrogen and oxygen atoms in total. The smallest absolute Gasteiger partial charge is 0.328 e. The molecule has 0 bridgehead atoms. The third-order valence-electron chi connectivity index (χ3n) is 2.81. The van der Waals surface area contributed by atoms with Crippen LogP contribution in [0.5, 0.6) is 5.75 Å². The van der Waals surface area contributed by atoms with E-state index in [1.54, 1.807) is 6.07 Å². The summed E-state index contributed by atoms with van der Waals surface area (Å²) in [5, 5.41) is 8.62. The van der Waals surface area contributed by atoms with E-state index in [4.69, 9.17) is 14.6 Å². The fourth-order valence-electron chi connectivity index (χ4n) is 1.91.